The van der Waals surface area contributed by atoms with Crippen molar-refractivity contribution in [3.63, 3.8) is 0 Å². The van der Waals surface area contributed by atoms with Crippen LogP contribution in [0, 0.1) is 20.2 Å². The standard InChI is InChI=1S/C28H20N2O4/c31-29(32)25-7-3-1-5-23(25)21-13-17-9-11-19-15-22(24-6-2-4-8-26(24)30(33)34)16-20-12-10-18(14-21)27(17)28(19)20/h1-8,13-16H,9-12H2. The average Bonchev–Trinajstić information content (AvgIpc) is 2.86. The normalized spacial score (nSPS) is 13.3. The van der Waals surface area contributed by atoms with E-state index in [1.54, 1.807) is 24.3 Å². The van der Waals surface area contributed by atoms with Gasteiger partial charge in [-0.2, -0.15) is 0 Å². The first-order valence-corrected chi connectivity index (χ1v) is 11.3. The minimum Gasteiger partial charge on any atom is -0.258 e. The Bertz CT molecular complexity index is 1360. The molecule has 166 valence electrons. The molecule has 0 radical (unpaired) electrons. The van der Waals surface area contributed by atoms with Crippen LogP contribution >= 0.6 is 0 Å². The van der Waals surface area contributed by atoms with Crippen LogP contribution < -0.4 is 0 Å². The van der Waals surface area contributed by atoms with Crippen LogP contribution in [0.15, 0.2) is 72.8 Å². The lowest BCUT2D eigenvalue weighted by atomic mass is 9.73. The fraction of sp³-hybridized carbons (Fsp3) is 0.143. The average molecular weight is 448 g/mol. The molecule has 0 heterocycles. The summed E-state index contributed by atoms with van der Waals surface area (Å²) in [4.78, 5) is 22.5. The molecule has 4 aromatic carbocycles. The molecule has 0 saturated carbocycles. The molecule has 6 rings (SSSR count). The van der Waals surface area contributed by atoms with E-state index >= 15 is 0 Å². The highest BCUT2D eigenvalue weighted by Crippen LogP contribution is 2.47. The lowest BCUT2D eigenvalue weighted by molar-refractivity contribution is -0.384. The summed E-state index contributed by atoms with van der Waals surface area (Å²) in [7, 11) is 0. The minimum atomic E-state index is -0.321. The van der Waals surface area contributed by atoms with Crippen molar-refractivity contribution in [2.75, 3.05) is 0 Å². The molecule has 0 fully saturated rings. The smallest absolute Gasteiger partial charge is 0.258 e. The van der Waals surface area contributed by atoms with E-state index in [2.05, 4.69) is 24.3 Å². The lowest BCUT2D eigenvalue weighted by Crippen LogP contribution is -2.14. The van der Waals surface area contributed by atoms with E-state index in [0.717, 1.165) is 36.8 Å². The lowest BCUT2D eigenvalue weighted by Gasteiger charge is -2.30. The minimum absolute atomic E-state index is 0.122. The van der Waals surface area contributed by atoms with Gasteiger partial charge in [-0.1, -0.05) is 48.5 Å². The van der Waals surface area contributed by atoms with Crippen molar-refractivity contribution in [2.24, 2.45) is 0 Å². The van der Waals surface area contributed by atoms with Crippen LogP contribution in [-0.2, 0) is 25.7 Å². The first-order valence-electron chi connectivity index (χ1n) is 11.3. The Hall–Kier alpha value is -4.32. The highest BCUT2D eigenvalue weighted by atomic mass is 16.6. The van der Waals surface area contributed by atoms with Crippen LogP contribution in [0.4, 0.5) is 11.4 Å². The second-order valence-corrected chi connectivity index (χ2v) is 8.89. The first kappa shape index (κ1) is 20.3. The van der Waals surface area contributed by atoms with E-state index in [1.165, 1.54) is 33.4 Å². The highest BCUT2D eigenvalue weighted by molar-refractivity contribution is 5.88. The van der Waals surface area contributed by atoms with E-state index in [9.17, 15) is 20.2 Å². The predicted octanol–water partition coefficient (Wildman–Crippen LogP) is 6.70. The summed E-state index contributed by atoms with van der Waals surface area (Å²) < 4.78 is 0. The van der Waals surface area contributed by atoms with Gasteiger partial charge >= 0.3 is 0 Å². The van der Waals surface area contributed by atoms with Crippen LogP contribution in [0.5, 0.6) is 0 Å². The zero-order valence-corrected chi connectivity index (χ0v) is 18.3. The second kappa shape index (κ2) is 7.63. The number of nitrogens with zero attached hydrogens (tertiary/aromatic N) is 2. The van der Waals surface area contributed by atoms with Gasteiger partial charge in [0.05, 0.1) is 21.0 Å². The highest BCUT2D eigenvalue weighted by Gasteiger charge is 2.29. The molecule has 2 aliphatic rings. The Kier molecular flexibility index (Phi) is 4.55. The quantitative estimate of drug-likeness (QED) is 0.257. The molecule has 2 aliphatic carbocycles. The zero-order chi connectivity index (χ0) is 23.4. The molecular weight excluding hydrogens is 428 g/mol. The fourth-order valence-electron chi connectivity index (χ4n) is 5.57. The molecule has 6 heteroatoms. The van der Waals surface area contributed by atoms with Crippen LogP contribution in [-0.4, -0.2) is 9.85 Å². The Balaban J connectivity index is 1.51. The first-order chi connectivity index (χ1) is 16.5. The van der Waals surface area contributed by atoms with Crippen molar-refractivity contribution in [2.45, 2.75) is 25.7 Å². The van der Waals surface area contributed by atoms with Gasteiger partial charge in [0.15, 0.2) is 0 Å². The summed E-state index contributed by atoms with van der Waals surface area (Å²) in [6, 6.07) is 22.2. The molecule has 0 bridgehead atoms. The van der Waals surface area contributed by atoms with Crippen molar-refractivity contribution in [1.29, 1.82) is 0 Å². The molecule has 0 saturated heterocycles. The summed E-state index contributed by atoms with van der Waals surface area (Å²) in [5.41, 5.74) is 10.7. The molecule has 0 amide bonds. The Morgan fingerprint density at radius 3 is 1.18 bits per heavy atom. The van der Waals surface area contributed by atoms with Gasteiger partial charge in [0.1, 0.15) is 0 Å². The number of hydrogen-bond acceptors (Lipinski definition) is 4. The Labute approximate surface area is 195 Å². The number of hydrogen-bond donors (Lipinski definition) is 0. The summed E-state index contributed by atoms with van der Waals surface area (Å²) in [6.45, 7) is 0. The fourth-order valence-corrected chi connectivity index (χ4v) is 5.57. The van der Waals surface area contributed by atoms with E-state index in [-0.39, 0.29) is 21.2 Å². The molecular formula is C28H20N2O4. The molecule has 0 N–H and O–H groups in total. The molecule has 0 aromatic heterocycles. The summed E-state index contributed by atoms with van der Waals surface area (Å²) in [5.74, 6) is 0. The SMILES string of the molecule is O=[N+]([O-])c1ccccc1-c1cc2c3c(c1)CCc1cc(-c4ccccc4[N+](=O)[O-])cc(c1-3)CC2. The van der Waals surface area contributed by atoms with Crippen molar-refractivity contribution in [3.8, 4) is 33.4 Å². The maximum atomic E-state index is 11.6. The molecule has 34 heavy (non-hydrogen) atoms. The summed E-state index contributed by atoms with van der Waals surface area (Å²) >= 11 is 0. The van der Waals surface area contributed by atoms with Gasteiger partial charge in [-0.25, -0.2) is 0 Å². The molecule has 0 aliphatic heterocycles. The zero-order valence-electron chi connectivity index (χ0n) is 18.3. The topological polar surface area (TPSA) is 86.3 Å². The van der Waals surface area contributed by atoms with Gasteiger partial charge in [0.2, 0.25) is 0 Å². The number of rotatable bonds is 4. The number of para-hydroxylation sites is 2. The van der Waals surface area contributed by atoms with Gasteiger partial charge in [0.25, 0.3) is 11.4 Å². The monoisotopic (exact) mass is 448 g/mol. The third-order valence-electron chi connectivity index (χ3n) is 7.00. The summed E-state index contributed by atoms with van der Waals surface area (Å²) in [5, 5.41) is 23.2. The number of nitro groups is 2. The van der Waals surface area contributed by atoms with Crippen LogP contribution in [0.25, 0.3) is 33.4 Å². The third kappa shape index (κ3) is 3.10. The van der Waals surface area contributed by atoms with E-state index in [4.69, 9.17) is 0 Å². The van der Waals surface area contributed by atoms with Crippen molar-refractivity contribution < 1.29 is 9.85 Å². The predicted molar refractivity (Wildman–Crippen MR) is 131 cm³/mol. The van der Waals surface area contributed by atoms with Crippen LogP contribution in [0.1, 0.15) is 22.3 Å². The molecule has 6 nitrogen and oxygen atoms in total. The van der Waals surface area contributed by atoms with Crippen LogP contribution in [0.2, 0.25) is 0 Å². The van der Waals surface area contributed by atoms with Gasteiger partial charge in [-0.3, -0.25) is 20.2 Å². The van der Waals surface area contributed by atoms with Gasteiger partial charge in [-0.05, 0) is 82.3 Å². The van der Waals surface area contributed by atoms with Gasteiger partial charge in [-0.15, -0.1) is 0 Å². The number of nitro benzene ring substituents is 2. The van der Waals surface area contributed by atoms with Crippen molar-refractivity contribution in [1.82, 2.24) is 0 Å². The van der Waals surface area contributed by atoms with Crippen LogP contribution in [0.3, 0.4) is 0 Å². The van der Waals surface area contributed by atoms with Crippen molar-refractivity contribution in [3.05, 3.63) is 115 Å². The molecule has 0 atom stereocenters. The Morgan fingerprint density at radius 1 is 0.529 bits per heavy atom. The molecule has 0 unspecified atom stereocenters. The van der Waals surface area contributed by atoms with E-state index < -0.39 is 0 Å². The largest absolute Gasteiger partial charge is 0.277 e. The van der Waals surface area contributed by atoms with E-state index in [1.807, 2.05) is 24.3 Å². The third-order valence-corrected chi connectivity index (χ3v) is 7.00. The second-order valence-electron chi connectivity index (χ2n) is 8.89. The molecule has 4 aromatic rings. The number of benzene rings is 4. The van der Waals surface area contributed by atoms with E-state index in [0.29, 0.717) is 11.1 Å². The molecule has 0 spiro atoms. The van der Waals surface area contributed by atoms with Gasteiger partial charge < -0.3 is 0 Å². The summed E-state index contributed by atoms with van der Waals surface area (Å²) in [6.07, 6.45) is 3.35. The van der Waals surface area contributed by atoms with Gasteiger partial charge in [0, 0.05) is 12.1 Å². The maximum absolute atomic E-state index is 11.6. The maximum Gasteiger partial charge on any atom is 0.277 e. The Morgan fingerprint density at radius 2 is 0.853 bits per heavy atom. The number of aryl methyl sites for hydroxylation is 4. The van der Waals surface area contributed by atoms with Crippen molar-refractivity contribution >= 4 is 11.4 Å².